The second kappa shape index (κ2) is 7.71. The summed E-state index contributed by atoms with van der Waals surface area (Å²) in [6.45, 7) is 4.77. The van der Waals surface area contributed by atoms with E-state index in [0.29, 0.717) is 0 Å². The largest absolute Gasteiger partial charge is 0.353 e. The van der Waals surface area contributed by atoms with Crippen LogP contribution in [0, 0.1) is 0 Å². The summed E-state index contributed by atoms with van der Waals surface area (Å²) < 4.78 is 1.13. The van der Waals surface area contributed by atoms with Crippen molar-refractivity contribution in [3.05, 3.63) is 38.9 Å². The number of thiophene rings is 1. The first kappa shape index (κ1) is 15.4. The molecule has 2 aromatic heterocycles. The van der Waals surface area contributed by atoms with Crippen LogP contribution in [0.4, 0.5) is 5.82 Å². The number of nitrogens with one attached hydrogen (secondary N) is 1. The van der Waals surface area contributed by atoms with Gasteiger partial charge < -0.3 is 10.2 Å². The van der Waals surface area contributed by atoms with Crippen molar-refractivity contribution in [3.8, 4) is 0 Å². The second-order valence-corrected chi connectivity index (χ2v) is 6.54. The van der Waals surface area contributed by atoms with E-state index < -0.39 is 0 Å². The first-order valence-electron chi connectivity index (χ1n) is 6.64. The van der Waals surface area contributed by atoms with E-state index in [1.807, 2.05) is 19.4 Å². The first-order chi connectivity index (χ1) is 9.69. The Kier molecular flexibility index (Phi) is 5.94. The maximum absolute atomic E-state index is 4.64. The molecule has 2 aromatic rings. The fourth-order valence-corrected chi connectivity index (χ4v) is 3.31. The standard InChI is InChI=1S/C14H19BrN4S/c1-3-4-16-6-12-7-17-8-14(18-12)19(2)9-13-5-11(15)10-20-13/h5,7-8,10,16H,3-4,6,9H2,1-2H3. The lowest BCUT2D eigenvalue weighted by molar-refractivity contribution is 0.661. The fraction of sp³-hybridized carbons (Fsp3) is 0.429. The second-order valence-electron chi connectivity index (χ2n) is 4.63. The Bertz CT molecular complexity index is 543. The summed E-state index contributed by atoms with van der Waals surface area (Å²) >= 11 is 5.23. The average molecular weight is 355 g/mol. The molecule has 4 nitrogen and oxygen atoms in total. The molecule has 0 spiro atoms. The molecule has 108 valence electrons. The van der Waals surface area contributed by atoms with Crippen LogP contribution in [-0.4, -0.2) is 23.6 Å². The minimum absolute atomic E-state index is 0.771. The Morgan fingerprint density at radius 1 is 1.40 bits per heavy atom. The maximum atomic E-state index is 4.64. The van der Waals surface area contributed by atoms with Gasteiger partial charge in [0.05, 0.1) is 18.4 Å². The van der Waals surface area contributed by atoms with Gasteiger partial charge in [-0.05, 0) is 35.0 Å². The molecule has 0 atom stereocenters. The summed E-state index contributed by atoms with van der Waals surface area (Å²) in [5.74, 6) is 0.908. The van der Waals surface area contributed by atoms with Gasteiger partial charge in [0.15, 0.2) is 0 Å². The van der Waals surface area contributed by atoms with Crippen molar-refractivity contribution in [2.75, 3.05) is 18.5 Å². The van der Waals surface area contributed by atoms with Gasteiger partial charge >= 0.3 is 0 Å². The highest BCUT2D eigenvalue weighted by Crippen LogP contribution is 2.22. The lowest BCUT2D eigenvalue weighted by atomic mass is 10.4. The third kappa shape index (κ3) is 4.54. The molecule has 0 amide bonds. The van der Waals surface area contributed by atoms with Crippen molar-refractivity contribution in [2.45, 2.75) is 26.4 Å². The smallest absolute Gasteiger partial charge is 0.147 e. The van der Waals surface area contributed by atoms with Gasteiger partial charge in [-0.15, -0.1) is 11.3 Å². The molecule has 6 heteroatoms. The fourth-order valence-electron chi connectivity index (χ4n) is 1.81. The lowest BCUT2D eigenvalue weighted by Gasteiger charge is -2.17. The summed E-state index contributed by atoms with van der Waals surface area (Å²) in [6, 6.07) is 2.14. The van der Waals surface area contributed by atoms with E-state index in [9.17, 15) is 0 Å². The van der Waals surface area contributed by atoms with E-state index >= 15 is 0 Å². The molecule has 0 radical (unpaired) electrons. The number of hydrogen-bond donors (Lipinski definition) is 1. The van der Waals surface area contributed by atoms with E-state index in [1.54, 1.807) is 11.3 Å². The van der Waals surface area contributed by atoms with Crippen LogP contribution in [0.5, 0.6) is 0 Å². The number of anilines is 1. The van der Waals surface area contributed by atoms with Crippen molar-refractivity contribution in [2.24, 2.45) is 0 Å². The van der Waals surface area contributed by atoms with Crippen molar-refractivity contribution < 1.29 is 0 Å². The first-order valence-corrected chi connectivity index (χ1v) is 8.32. The van der Waals surface area contributed by atoms with E-state index in [4.69, 9.17) is 0 Å². The summed E-state index contributed by atoms with van der Waals surface area (Å²) in [6.07, 6.45) is 4.76. The third-order valence-corrected chi connectivity index (χ3v) is 4.49. The number of hydrogen-bond acceptors (Lipinski definition) is 5. The number of rotatable bonds is 7. The van der Waals surface area contributed by atoms with Gasteiger partial charge in [0.2, 0.25) is 0 Å². The van der Waals surface area contributed by atoms with Gasteiger partial charge in [0.1, 0.15) is 5.82 Å². The Morgan fingerprint density at radius 3 is 2.95 bits per heavy atom. The predicted molar refractivity (Wildman–Crippen MR) is 88.2 cm³/mol. The molecule has 2 heterocycles. The van der Waals surface area contributed by atoms with Crippen LogP contribution in [0.2, 0.25) is 0 Å². The van der Waals surface area contributed by atoms with Crippen molar-refractivity contribution in [1.29, 1.82) is 0 Å². The number of halogens is 1. The van der Waals surface area contributed by atoms with Crippen LogP contribution in [0.3, 0.4) is 0 Å². The third-order valence-electron chi connectivity index (χ3n) is 2.81. The highest BCUT2D eigenvalue weighted by Gasteiger charge is 2.07. The average Bonchev–Trinajstić information content (AvgIpc) is 2.85. The summed E-state index contributed by atoms with van der Waals surface area (Å²) in [7, 11) is 2.04. The normalized spacial score (nSPS) is 10.8. The van der Waals surface area contributed by atoms with Crippen LogP contribution in [0.1, 0.15) is 23.9 Å². The van der Waals surface area contributed by atoms with Gasteiger partial charge in [-0.2, -0.15) is 0 Å². The van der Waals surface area contributed by atoms with Crippen molar-refractivity contribution in [3.63, 3.8) is 0 Å². The molecule has 0 aliphatic rings. The van der Waals surface area contributed by atoms with E-state index in [0.717, 1.165) is 42.0 Å². The topological polar surface area (TPSA) is 41.1 Å². The monoisotopic (exact) mass is 354 g/mol. The molecular weight excluding hydrogens is 336 g/mol. The molecule has 20 heavy (non-hydrogen) atoms. The van der Waals surface area contributed by atoms with E-state index in [1.165, 1.54) is 4.88 Å². The van der Waals surface area contributed by atoms with Gasteiger partial charge in [-0.25, -0.2) is 4.98 Å². The molecular formula is C14H19BrN4S. The maximum Gasteiger partial charge on any atom is 0.147 e. The zero-order chi connectivity index (χ0) is 14.4. The number of aromatic nitrogens is 2. The quantitative estimate of drug-likeness (QED) is 0.773. The van der Waals surface area contributed by atoms with Crippen LogP contribution < -0.4 is 10.2 Å². The SMILES string of the molecule is CCCNCc1cncc(N(C)Cc2cc(Br)cs2)n1. The molecule has 0 aromatic carbocycles. The molecule has 0 saturated carbocycles. The Balaban J connectivity index is 1.98. The molecule has 0 aliphatic carbocycles. The van der Waals surface area contributed by atoms with Gasteiger partial charge in [0.25, 0.3) is 0 Å². The van der Waals surface area contributed by atoms with Crippen LogP contribution in [0.15, 0.2) is 28.3 Å². The van der Waals surface area contributed by atoms with Gasteiger partial charge in [-0.1, -0.05) is 6.92 Å². The molecule has 2 rings (SSSR count). The van der Waals surface area contributed by atoms with E-state index in [-0.39, 0.29) is 0 Å². The Morgan fingerprint density at radius 2 is 2.25 bits per heavy atom. The van der Waals surface area contributed by atoms with Crippen molar-refractivity contribution in [1.82, 2.24) is 15.3 Å². The highest BCUT2D eigenvalue weighted by atomic mass is 79.9. The molecule has 0 saturated heterocycles. The molecule has 1 N–H and O–H groups in total. The minimum atomic E-state index is 0.771. The van der Waals surface area contributed by atoms with Crippen molar-refractivity contribution >= 4 is 33.1 Å². The molecule has 0 fully saturated rings. The zero-order valence-corrected chi connectivity index (χ0v) is 14.2. The number of nitrogens with zero attached hydrogens (tertiary/aromatic N) is 3. The van der Waals surface area contributed by atoms with Crippen LogP contribution in [0.25, 0.3) is 0 Å². The van der Waals surface area contributed by atoms with Crippen LogP contribution >= 0.6 is 27.3 Å². The lowest BCUT2D eigenvalue weighted by Crippen LogP contribution is -2.20. The Hall–Kier alpha value is -0.980. The summed E-state index contributed by atoms with van der Waals surface area (Å²) in [5.41, 5.74) is 0.982. The Labute approximate surface area is 132 Å². The minimum Gasteiger partial charge on any atom is -0.353 e. The van der Waals surface area contributed by atoms with E-state index in [2.05, 4.69) is 54.5 Å². The molecule has 0 bridgehead atoms. The molecule has 0 aliphatic heterocycles. The summed E-state index contributed by atoms with van der Waals surface area (Å²) in [5, 5.41) is 5.44. The van der Waals surface area contributed by atoms with Crippen LogP contribution in [-0.2, 0) is 13.1 Å². The molecule has 0 unspecified atom stereocenters. The summed E-state index contributed by atoms with van der Waals surface area (Å²) in [4.78, 5) is 12.3. The highest BCUT2D eigenvalue weighted by molar-refractivity contribution is 9.10. The predicted octanol–water partition coefficient (Wildman–Crippen LogP) is 3.44. The van der Waals surface area contributed by atoms with Gasteiger partial charge in [0, 0.05) is 34.5 Å². The zero-order valence-electron chi connectivity index (χ0n) is 11.8. The van der Waals surface area contributed by atoms with Gasteiger partial charge in [-0.3, -0.25) is 4.98 Å².